The highest BCUT2D eigenvalue weighted by Gasteiger charge is 2.15. The van der Waals surface area contributed by atoms with Crippen molar-refractivity contribution >= 4 is 17.3 Å². The molecule has 2 aromatic rings. The zero-order chi connectivity index (χ0) is 15.4. The van der Waals surface area contributed by atoms with E-state index in [2.05, 4.69) is 5.32 Å². The Morgan fingerprint density at radius 2 is 2.00 bits per heavy atom. The number of hydrogen-bond donors (Lipinski definition) is 2. The van der Waals surface area contributed by atoms with Crippen LogP contribution in [0.15, 0.2) is 42.5 Å². The van der Waals surface area contributed by atoms with Gasteiger partial charge in [-0.25, -0.2) is 0 Å². The van der Waals surface area contributed by atoms with E-state index in [-0.39, 0.29) is 22.8 Å². The Bertz CT molecular complexity index is 698. The summed E-state index contributed by atoms with van der Waals surface area (Å²) in [6, 6.07) is 11.7. The fourth-order valence-electron chi connectivity index (χ4n) is 1.93. The summed E-state index contributed by atoms with van der Waals surface area (Å²) in [7, 11) is 0. The van der Waals surface area contributed by atoms with Crippen LogP contribution in [0.25, 0.3) is 0 Å². The Labute approximate surface area is 121 Å². The minimum Gasteiger partial charge on any atom is -0.393 e. The van der Waals surface area contributed by atoms with Crippen LogP contribution >= 0.6 is 0 Å². The van der Waals surface area contributed by atoms with E-state index in [1.165, 1.54) is 18.2 Å². The number of nitrogens with one attached hydrogen (secondary N) is 1. The number of nitrogens with two attached hydrogens (primary N) is 1. The van der Waals surface area contributed by atoms with Gasteiger partial charge in [-0.05, 0) is 30.2 Å². The predicted molar refractivity (Wildman–Crippen MR) is 79.9 cm³/mol. The average Bonchev–Trinajstić information content (AvgIpc) is 2.46. The van der Waals surface area contributed by atoms with Crippen molar-refractivity contribution in [1.29, 1.82) is 0 Å². The summed E-state index contributed by atoms with van der Waals surface area (Å²) < 4.78 is 0. The number of benzene rings is 2. The van der Waals surface area contributed by atoms with Gasteiger partial charge in [0.15, 0.2) is 0 Å². The number of nitrogen functional groups attached to an aromatic ring is 1. The summed E-state index contributed by atoms with van der Waals surface area (Å²) in [4.78, 5) is 22.3. The molecule has 0 aliphatic carbocycles. The molecular formula is C15H15N3O3. The maximum absolute atomic E-state index is 12.0. The van der Waals surface area contributed by atoms with Gasteiger partial charge in [-0.2, -0.15) is 0 Å². The Morgan fingerprint density at radius 1 is 1.29 bits per heavy atom. The summed E-state index contributed by atoms with van der Waals surface area (Å²) in [5, 5.41) is 13.6. The Kier molecular flexibility index (Phi) is 4.18. The van der Waals surface area contributed by atoms with Crippen molar-refractivity contribution in [3.63, 3.8) is 0 Å². The van der Waals surface area contributed by atoms with Gasteiger partial charge in [0.2, 0.25) is 0 Å². The normalized spacial score (nSPS) is 10.1. The van der Waals surface area contributed by atoms with Crippen LogP contribution in [0.5, 0.6) is 0 Å². The number of nitro groups is 1. The Hall–Kier alpha value is -2.89. The molecule has 21 heavy (non-hydrogen) atoms. The molecule has 0 saturated heterocycles. The largest absolute Gasteiger partial charge is 0.393 e. The monoisotopic (exact) mass is 285 g/mol. The highest BCUT2D eigenvalue weighted by Crippen LogP contribution is 2.22. The number of carbonyl (C=O) groups is 1. The Balaban J connectivity index is 2.12. The van der Waals surface area contributed by atoms with Gasteiger partial charge in [-0.15, -0.1) is 0 Å². The molecule has 0 aliphatic heterocycles. The molecule has 0 spiro atoms. The number of amides is 1. The van der Waals surface area contributed by atoms with Gasteiger partial charge in [0.25, 0.3) is 11.6 Å². The Morgan fingerprint density at radius 3 is 2.67 bits per heavy atom. The highest BCUT2D eigenvalue weighted by molar-refractivity contribution is 5.95. The molecule has 1 amide bonds. The van der Waals surface area contributed by atoms with E-state index < -0.39 is 4.92 Å². The molecule has 108 valence electrons. The molecule has 2 aromatic carbocycles. The molecule has 0 aromatic heterocycles. The van der Waals surface area contributed by atoms with E-state index in [4.69, 9.17) is 5.73 Å². The second kappa shape index (κ2) is 6.04. The topological polar surface area (TPSA) is 98.3 Å². The first kappa shape index (κ1) is 14.5. The molecule has 0 radical (unpaired) electrons. The molecule has 0 unspecified atom stereocenters. The standard InChI is InChI=1S/C15H15N3O3/c1-10-4-2-3-5-12(10)9-17-15(19)11-6-7-13(16)14(8-11)18(20)21/h2-8H,9,16H2,1H3,(H,17,19). The van der Waals surface area contributed by atoms with E-state index in [0.29, 0.717) is 6.54 Å². The number of carbonyl (C=O) groups excluding carboxylic acids is 1. The fourth-order valence-corrected chi connectivity index (χ4v) is 1.93. The molecule has 3 N–H and O–H groups in total. The maximum Gasteiger partial charge on any atom is 0.292 e. The molecule has 0 atom stereocenters. The van der Waals surface area contributed by atoms with Gasteiger partial charge in [0, 0.05) is 18.2 Å². The lowest BCUT2D eigenvalue weighted by molar-refractivity contribution is -0.383. The van der Waals surface area contributed by atoms with Crippen LogP contribution in [0, 0.1) is 17.0 Å². The highest BCUT2D eigenvalue weighted by atomic mass is 16.6. The summed E-state index contributed by atoms with van der Waals surface area (Å²) >= 11 is 0. The van der Waals surface area contributed by atoms with Crippen molar-refractivity contribution in [2.45, 2.75) is 13.5 Å². The SMILES string of the molecule is Cc1ccccc1CNC(=O)c1ccc(N)c([N+](=O)[O-])c1. The van der Waals surface area contributed by atoms with Gasteiger partial charge in [-0.1, -0.05) is 24.3 Å². The third kappa shape index (κ3) is 3.36. The van der Waals surface area contributed by atoms with E-state index in [0.717, 1.165) is 11.1 Å². The first-order valence-corrected chi connectivity index (χ1v) is 6.35. The number of hydrogen-bond acceptors (Lipinski definition) is 4. The van der Waals surface area contributed by atoms with Crippen LogP contribution < -0.4 is 11.1 Å². The molecule has 6 heteroatoms. The van der Waals surface area contributed by atoms with Gasteiger partial charge >= 0.3 is 0 Å². The number of rotatable bonds is 4. The average molecular weight is 285 g/mol. The number of nitrogens with zero attached hydrogens (tertiary/aromatic N) is 1. The number of anilines is 1. The van der Waals surface area contributed by atoms with Crippen molar-refractivity contribution in [1.82, 2.24) is 5.32 Å². The van der Waals surface area contributed by atoms with Crippen molar-refractivity contribution in [3.8, 4) is 0 Å². The lowest BCUT2D eigenvalue weighted by atomic mass is 10.1. The zero-order valence-electron chi connectivity index (χ0n) is 11.5. The maximum atomic E-state index is 12.0. The van der Waals surface area contributed by atoms with Crippen molar-refractivity contribution < 1.29 is 9.72 Å². The second-order valence-electron chi connectivity index (χ2n) is 4.64. The molecule has 0 heterocycles. The molecule has 0 aliphatic rings. The van der Waals surface area contributed by atoms with E-state index >= 15 is 0 Å². The minimum absolute atomic E-state index is 0.0375. The first-order valence-electron chi connectivity index (χ1n) is 6.35. The van der Waals surface area contributed by atoms with Crippen molar-refractivity contribution in [2.24, 2.45) is 0 Å². The van der Waals surface area contributed by atoms with Crippen LogP contribution in [-0.4, -0.2) is 10.8 Å². The van der Waals surface area contributed by atoms with Crippen molar-refractivity contribution in [2.75, 3.05) is 5.73 Å². The number of aryl methyl sites for hydroxylation is 1. The second-order valence-corrected chi connectivity index (χ2v) is 4.64. The third-order valence-corrected chi connectivity index (χ3v) is 3.19. The first-order chi connectivity index (χ1) is 9.99. The lowest BCUT2D eigenvalue weighted by Gasteiger charge is -2.08. The summed E-state index contributed by atoms with van der Waals surface area (Å²) in [5.41, 5.74) is 7.55. The van der Waals surface area contributed by atoms with Crippen LogP contribution in [0.4, 0.5) is 11.4 Å². The minimum atomic E-state index is -0.604. The zero-order valence-corrected chi connectivity index (χ0v) is 11.5. The smallest absolute Gasteiger partial charge is 0.292 e. The summed E-state index contributed by atoms with van der Waals surface area (Å²) in [5.74, 6) is -0.374. The molecular weight excluding hydrogens is 270 g/mol. The molecule has 6 nitrogen and oxygen atoms in total. The van der Waals surface area contributed by atoms with Gasteiger partial charge < -0.3 is 11.1 Å². The molecule has 2 rings (SSSR count). The van der Waals surface area contributed by atoms with Crippen LogP contribution in [0.2, 0.25) is 0 Å². The molecule has 0 saturated carbocycles. The van der Waals surface area contributed by atoms with Crippen molar-refractivity contribution in [3.05, 3.63) is 69.3 Å². The molecule has 0 bridgehead atoms. The molecule has 0 fully saturated rings. The van der Waals surface area contributed by atoms with E-state index in [9.17, 15) is 14.9 Å². The van der Waals surface area contributed by atoms with Crippen LogP contribution in [-0.2, 0) is 6.54 Å². The van der Waals surface area contributed by atoms with Crippen LogP contribution in [0.3, 0.4) is 0 Å². The fraction of sp³-hybridized carbons (Fsp3) is 0.133. The van der Waals surface area contributed by atoms with Gasteiger partial charge in [-0.3, -0.25) is 14.9 Å². The lowest BCUT2D eigenvalue weighted by Crippen LogP contribution is -2.23. The number of nitro benzene ring substituents is 1. The van der Waals surface area contributed by atoms with Gasteiger partial charge in [0.1, 0.15) is 5.69 Å². The summed E-state index contributed by atoms with van der Waals surface area (Å²) in [6.07, 6.45) is 0. The van der Waals surface area contributed by atoms with Gasteiger partial charge in [0.05, 0.1) is 4.92 Å². The summed E-state index contributed by atoms with van der Waals surface area (Å²) in [6.45, 7) is 2.32. The van der Waals surface area contributed by atoms with E-state index in [1.807, 2.05) is 31.2 Å². The quantitative estimate of drug-likeness (QED) is 0.512. The van der Waals surface area contributed by atoms with Crippen LogP contribution in [0.1, 0.15) is 21.5 Å². The third-order valence-electron chi connectivity index (χ3n) is 3.19. The predicted octanol–water partition coefficient (Wildman–Crippen LogP) is 2.42. The van der Waals surface area contributed by atoms with E-state index in [1.54, 1.807) is 0 Å².